The van der Waals surface area contributed by atoms with Gasteiger partial charge in [-0.05, 0) is 35.6 Å². The highest BCUT2D eigenvalue weighted by Gasteiger charge is 2.14. The van der Waals surface area contributed by atoms with Gasteiger partial charge in [-0.3, -0.25) is 10.1 Å². The van der Waals surface area contributed by atoms with Gasteiger partial charge in [-0.25, -0.2) is 14.8 Å². The van der Waals surface area contributed by atoms with Crippen molar-refractivity contribution in [1.82, 2.24) is 9.97 Å². The van der Waals surface area contributed by atoms with Crippen LogP contribution in [0, 0.1) is 6.57 Å². The van der Waals surface area contributed by atoms with Gasteiger partial charge in [0.2, 0.25) is 0 Å². The first-order valence-electron chi connectivity index (χ1n) is 9.02. The minimum atomic E-state index is -0.220. The van der Waals surface area contributed by atoms with E-state index in [0.29, 0.717) is 21.4 Å². The lowest BCUT2D eigenvalue weighted by atomic mass is 10.0. The van der Waals surface area contributed by atoms with Gasteiger partial charge in [-0.1, -0.05) is 42.5 Å². The van der Waals surface area contributed by atoms with Crippen LogP contribution in [0.3, 0.4) is 0 Å². The molecule has 2 aromatic carbocycles. The summed E-state index contributed by atoms with van der Waals surface area (Å²) in [5, 5.41) is 6.02. The zero-order chi connectivity index (χ0) is 20.9. The number of rotatable bonds is 5. The summed E-state index contributed by atoms with van der Waals surface area (Å²) in [6.07, 6.45) is 3.56. The fourth-order valence-corrected chi connectivity index (χ4v) is 4.20. The zero-order valence-electron chi connectivity index (χ0n) is 16.0. The molecule has 7 heteroatoms. The topological polar surface area (TPSA) is 59.2 Å². The first-order chi connectivity index (χ1) is 14.7. The number of aromatic nitrogens is 2. The van der Waals surface area contributed by atoms with Gasteiger partial charge >= 0.3 is 0 Å². The number of benzene rings is 2. The molecule has 0 radical (unpaired) electrons. The molecule has 4 rings (SSSR count). The average molecular weight is 429 g/mol. The largest absolute Gasteiger partial charge is 0.298 e. The van der Waals surface area contributed by atoms with E-state index in [4.69, 9.17) is 6.57 Å². The van der Waals surface area contributed by atoms with Gasteiger partial charge in [0.05, 0.1) is 17.8 Å². The van der Waals surface area contributed by atoms with Crippen LogP contribution in [-0.4, -0.2) is 22.1 Å². The molecule has 2 heterocycles. The number of carbonyl (C=O) groups excluding carboxylic acids is 1. The zero-order valence-corrected chi connectivity index (χ0v) is 17.6. The SMILES string of the molecule is [C-]#[N+]c1ccc(-c2cccc(-c3csc(NC(=O)c4cccnc4SC)n3)c2)cc1. The Labute approximate surface area is 182 Å². The molecule has 0 saturated heterocycles. The van der Waals surface area contributed by atoms with Crippen LogP contribution in [0.15, 0.2) is 77.3 Å². The van der Waals surface area contributed by atoms with Crippen molar-refractivity contribution >= 4 is 39.8 Å². The van der Waals surface area contributed by atoms with Crippen LogP contribution in [0.5, 0.6) is 0 Å². The van der Waals surface area contributed by atoms with Gasteiger partial charge in [0.25, 0.3) is 5.91 Å². The third-order valence-corrected chi connectivity index (χ3v) is 5.89. The molecule has 0 aliphatic carbocycles. The number of hydrogen-bond donors (Lipinski definition) is 1. The van der Waals surface area contributed by atoms with Crippen molar-refractivity contribution in [2.24, 2.45) is 0 Å². The van der Waals surface area contributed by atoms with Crippen molar-refractivity contribution in [1.29, 1.82) is 0 Å². The van der Waals surface area contributed by atoms with Gasteiger partial charge in [0, 0.05) is 17.1 Å². The number of hydrogen-bond acceptors (Lipinski definition) is 5. The first-order valence-corrected chi connectivity index (χ1v) is 11.1. The van der Waals surface area contributed by atoms with E-state index < -0.39 is 0 Å². The molecule has 5 nitrogen and oxygen atoms in total. The predicted molar refractivity (Wildman–Crippen MR) is 123 cm³/mol. The Hall–Kier alpha value is -3.47. The summed E-state index contributed by atoms with van der Waals surface area (Å²) < 4.78 is 0. The molecule has 1 N–H and O–H groups in total. The van der Waals surface area contributed by atoms with Crippen LogP contribution >= 0.6 is 23.1 Å². The molecule has 0 fully saturated rings. The van der Waals surface area contributed by atoms with E-state index >= 15 is 0 Å². The van der Waals surface area contributed by atoms with E-state index in [9.17, 15) is 4.79 Å². The number of thioether (sulfide) groups is 1. The standard InChI is InChI=1S/C23H16N4OS2/c1-24-18-10-8-15(9-11-18)16-5-3-6-17(13-16)20-14-30-23(26-20)27-21(28)19-7-4-12-25-22(19)29-2/h3-14H,2H3,(H,26,27,28). The summed E-state index contributed by atoms with van der Waals surface area (Å²) in [6.45, 7) is 7.08. The molecule has 0 spiro atoms. The Morgan fingerprint density at radius 1 is 1.07 bits per heavy atom. The van der Waals surface area contributed by atoms with Crippen molar-refractivity contribution in [3.8, 4) is 22.4 Å². The Balaban J connectivity index is 1.55. The molecule has 146 valence electrons. The van der Waals surface area contributed by atoms with Crippen molar-refractivity contribution in [3.05, 3.63) is 89.2 Å². The number of nitrogens with zero attached hydrogens (tertiary/aromatic N) is 3. The normalized spacial score (nSPS) is 10.4. The second-order valence-electron chi connectivity index (χ2n) is 6.29. The molecular weight excluding hydrogens is 412 g/mol. The summed E-state index contributed by atoms with van der Waals surface area (Å²) in [6, 6.07) is 19.1. The third kappa shape index (κ3) is 4.25. The fraction of sp³-hybridized carbons (Fsp3) is 0.0435. The first kappa shape index (κ1) is 19.8. The quantitative estimate of drug-likeness (QED) is 0.295. The Morgan fingerprint density at radius 3 is 2.63 bits per heavy atom. The lowest BCUT2D eigenvalue weighted by molar-refractivity contribution is 0.102. The highest BCUT2D eigenvalue weighted by atomic mass is 32.2. The summed E-state index contributed by atoms with van der Waals surface area (Å²) in [5.41, 5.74) is 4.99. The number of nitrogens with one attached hydrogen (secondary N) is 1. The summed E-state index contributed by atoms with van der Waals surface area (Å²) in [7, 11) is 0. The lowest BCUT2D eigenvalue weighted by Gasteiger charge is -2.06. The minimum Gasteiger partial charge on any atom is -0.298 e. The van der Waals surface area contributed by atoms with Crippen LogP contribution in [0.4, 0.5) is 10.8 Å². The number of anilines is 1. The van der Waals surface area contributed by atoms with Crippen molar-refractivity contribution in [3.63, 3.8) is 0 Å². The van der Waals surface area contributed by atoms with E-state index in [1.807, 2.05) is 54.1 Å². The average Bonchev–Trinajstić information content (AvgIpc) is 3.27. The van der Waals surface area contributed by atoms with E-state index in [1.54, 1.807) is 18.3 Å². The second-order valence-corrected chi connectivity index (χ2v) is 7.94. The Bertz CT molecular complexity index is 1240. The van der Waals surface area contributed by atoms with Crippen molar-refractivity contribution in [2.45, 2.75) is 5.03 Å². The molecule has 30 heavy (non-hydrogen) atoms. The fourth-order valence-electron chi connectivity index (χ4n) is 2.94. The molecule has 4 aromatic rings. The number of thiazole rings is 1. The molecular formula is C23H16N4OS2. The van der Waals surface area contributed by atoms with Gasteiger partial charge < -0.3 is 0 Å². The molecule has 0 aliphatic heterocycles. The Morgan fingerprint density at radius 2 is 1.87 bits per heavy atom. The van der Waals surface area contributed by atoms with E-state index in [1.165, 1.54) is 23.1 Å². The maximum atomic E-state index is 12.6. The maximum Gasteiger partial charge on any atom is 0.260 e. The highest BCUT2D eigenvalue weighted by Crippen LogP contribution is 2.30. The van der Waals surface area contributed by atoms with Gasteiger partial charge in [-0.15, -0.1) is 23.1 Å². The second kappa shape index (κ2) is 8.91. The van der Waals surface area contributed by atoms with Crippen LogP contribution < -0.4 is 5.32 Å². The highest BCUT2D eigenvalue weighted by molar-refractivity contribution is 7.98. The third-order valence-electron chi connectivity index (χ3n) is 4.42. The van der Waals surface area contributed by atoms with Crippen LogP contribution in [0.25, 0.3) is 27.2 Å². The van der Waals surface area contributed by atoms with E-state index in [2.05, 4.69) is 26.2 Å². The molecule has 0 unspecified atom stereocenters. The van der Waals surface area contributed by atoms with Gasteiger partial charge in [-0.2, -0.15) is 0 Å². The molecule has 0 aliphatic rings. The van der Waals surface area contributed by atoms with E-state index in [-0.39, 0.29) is 5.91 Å². The predicted octanol–water partition coefficient (Wildman–Crippen LogP) is 6.40. The number of carbonyl (C=O) groups is 1. The minimum absolute atomic E-state index is 0.220. The van der Waals surface area contributed by atoms with Crippen molar-refractivity contribution < 1.29 is 4.79 Å². The number of pyridine rings is 1. The smallest absolute Gasteiger partial charge is 0.260 e. The molecule has 1 amide bonds. The summed E-state index contributed by atoms with van der Waals surface area (Å²) in [4.78, 5) is 24.9. The molecule has 0 atom stereocenters. The maximum absolute atomic E-state index is 12.6. The van der Waals surface area contributed by atoms with Crippen LogP contribution in [0.2, 0.25) is 0 Å². The Kier molecular flexibility index (Phi) is 5.89. The van der Waals surface area contributed by atoms with Gasteiger partial charge in [0.15, 0.2) is 10.8 Å². The molecule has 0 bridgehead atoms. The van der Waals surface area contributed by atoms with Crippen LogP contribution in [0.1, 0.15) is 10.4 Å². The van der Waals surface area contributed by atoms with E-state index in [0.717, 1.165) is 22.4 Å². The van der Waals surface area contributed by atoms with Crippen molar-refractivity contribution in [2.75, 3.05) is 11.6 Å². The molecule has 0 saturated carbocycles. The summed E-state index contributed by atoms with van der Waals surface area (Å²) >= 11 is 2.82. The monoisotopic (exact) mass is 428 g/mol. The molecule has 2 aromatic heterocycles. The van der Waals surface area contributed by atoms with Gasteiger partial charge in [0.1, 0.15) is 5.03 Å². The van der Waals surface area contributed by atoms with Crippen LogP contribution in [-0.2, 0) is 0 Å². The summed E-state index contributed by atoms with van der Waals surface area (Å²) in [5.74, 6) is -0.220. The number of amides is 1. The lowest BCUT2D eigenvalue weighted by Crippen LogP contribution is -2.13.